The summed E-state index contributed by atoms with van der Waals surface area (Å²) in [5.74, 6) is 0.167. The lowest BCUT2D eigenvalue weighted by molar-refractivity contribution is -0.115. The molecule has 4 rings (SSSR count). The Labute approximate surface area is 180 Å². The van der Waals surface area contributed by atoms with Gasteiger partial charge in [-0.15, -0.1) is 24.8 Å². The van der Waals surface area contributed by atoms with E-state index in [0.717, 1.165) is 22.0 Å². The molecule has 0 spiro atoms. The quantitative estimate of drug-likeness (QED) is 0.551. The summed E-state index contributed by atoms with van der Waals surface area (Å²) in [5, 5.41) is 11.2. The number of fused-ring (bicyclic) bond motifs is 1. The lowest BCUT2D eigenvalue weighted by Gasteiger charge is -2.17. The lowest BCUT2D eigenvalue weighted by Crippen LogP contribution is -2.40. The topological polar surface area (TPSA) is 97.3 Å². The van der Waals surface area contributed by atoms with E-state index >= 15 is 0 Å². The molecule has 2 aromatic carbocycles. The van der Waals surface area contributed by atoms with Gasteiger partial charge in [-0.25, -0.2) is 4.99 Å². The zero-order valence-corrected chi connectivity index (χ0v) is 17.3. The third-order valence-corrected chi connectivity index (χ3v) is 4.52. The second-order valence-electron chi connectivity index (χ2n) is 6.37. The maximum absolute atomic E-state index is 12.3. The zero-order chi connectivity index (χ0) is 18.8. The zero-order valence-electron chi connectivity index (χ0n) is 15.7. The number of aryl methyl sites for hydroxylation is 1. The van der Waals surface area contributed by atoms with Gasteiger partial charge in [0.2, 0.25) is 5.96 Å². The van der Waals surface area contributed by atoms with E-state index in [1.54, 1.807) is 12.3 Å². The van der Waals surface area contributed by atoms with Crippen LogP contribution in [-0.2, 0) is 11.8 Å². The number of nitrogens with zero attached hydrogens (tertiary/aromatic N) is 3. The van der Waals surface area contributed by atoms with Gasteiger partial charge in [0.05, 0.1) is 17.8 Å². The normalized spacial score (nSPS) is 15.3. The van der Waals surface area contributed by atoms with E-state index in [2.05, 4.69) is 20.7 Å². The van der Waals surface area contributed by atoms with Crippen molar-refractivity contribution in [1.82, 2.24) is 20.4 Å². The van der Waals surface area contributed by atoms with Crippen molar-refractivity contribution in [1.29, 1.82) is 0 Å². The molecule has 0 saturated carbocycles. The molecule has 1 aromatic heterocycles. The van der Waals surface area contributed by atoms with Gasteiger partial charge >= 0.3 is 0 Å². The van der Waals surface area contributed by atoms with Gasteiger partial charge in [-0.1, -0.05) is 36.4 Å². The fourth-order valence-electron chi connectivity index (χ4n) is 3.10. The summed E-state index contributed by atoms with van der Waals surface area (Å²) in [6.07, 6.45) is 3.56. The SMILES string of the molecule is Cl.Cl.Cn1ncc2cc(/C=C3\N=C(N[C@H](CN)c4ccccc4)NC3=O)ccc21. The Bertz CT molecular complexity index is 1060. The molecule has 3 aromatic rings. The van der Waals surface area contributed by atoms with Gasteiger partial charge in [-0.05, 0) is 29.3 Å². The van der Waals surface area contributed by atoms with Crippen LogP contribution in [0.25, 0.3) is 17.0 Å². The molecule has 1 aliphatic rings. The Kier molecular flexibility index (Phi) is 7.39. The Balaban J connectivity index is 0.00000150. The fourth-order valence-corrected chi connectivity index (χ4v) is 3.10. The van der Waals surface area contributed by atoms with Gasteiger partial charge in [0.15, 0.2) is 0 Å². The standard InChI is InChI=1S/C20H20N6O.2ClH/c1-26-18-8-7-13(9-15(18)12-22-26)10-16-19(27)25-20(23-16)24-17(11-21)14-5-3-2-4-6-14;;/h2-10,12,17H,11,21H2,1H3,(H2,23,24,25,27);2*1H/b16-10-;;/t17-;;/m1../s1. The summed E-state index contributed by atoms with van der Waals surface area (Å²) in [5.41, 5.74) is 9.20. The second kappa shape index (κ2) is 9.56. The number of halogens is 2. The smallest absolute Gasteiger partial charge is 0.276 e. The van der Waals surface area contributed by atoms with Crippen molar-refractivity contribution < 1.29 is 4.79 Å². The first kappa shape index (κ1) is 22.4. The molecular formula is C20H22Cl2N6O. The highest BCUT2D eigenvalue weighted by atomic mass is 35.5. The van der Waals surface area contributed by atoms with Crippen molar-refractivity contribution in [2.75, 3.05) is 6.54 Å². The van der Waals surface area contributed by atoms with Gasteiger partial charge in [-0.2, -0.15) is 5.10 Å². The molecule has 0 bridgehead atoms. The van der Waals surface area contributed by atoms with Gasteiger partial charge < -0.3 is 11.1 Å². The number of rotatable bonds is 4. The van der Waals surface area contributed by atoms with Crippen LogP contribution in [0.4, 0.5) is 0 Å². The van der Waals surface area contributed by atoms with Crippen molar-refractivity contribution in [3.05, 3.63) is 71.6 Å². The first-order valence-electron chi connectivity index (χ1n) is 8.69. The van der Waals surface area contributed by atoms with Crippen LogP contribution in [0.3, 0.4) is 0 Å². The molecule has 1 atom stereocenters. The average Bonchev–Trinajstić information content (AvgIpc) is 3.23. The van der Waals surface area contributed by atoms with Crippen molar-refractivity contribution in [3.8, 4) is 0 Å². The molecule has 2 heterocycles. The minimum atomic E-state index is -0.243. The summed E-state index contributed by atoms with van der Waals surface area (Å²) < 4.78 is 1.81. The maximum Gasteiger partial charge on any atom is 0.276 e. The number of hydrogen-bond donors (Lipinski definition) is 3. The first-order chi connectivity index (χ1) is 13.1. The number of nitrogens with one attached hydrogen (secondary N) is 2. The van der Waals surface area contributed by atoms with E-state index < -0.39 is 0 Å². The van der Waals surface area contributed by atoms with E-state index in [1.807, 2.05) is 60.3 Å². The summed E-state index contributed by atoms with van der Waals surface area (Å²) >= 11 is 0. The van der Waals surface area contributed by atoms with E-state index in [-0.39, 0.29) is 36.8 Å². The largest absolute Gasteiger partial charge is 0.348 e. The van der Waals surface area contributed by atoms with Crippen molar-refractivity contribution in [2.45, 2.75) is 6.04 Å². The van der Waals surface area contributed by atoms with Crippen LogP contribution >= 0.6 is 24.8 Å². The van der Waals surface area contributed by atoms with Crippen LogP contribution in [0, 0.1) is 0 Å². The van der Waals surface area contributed by atoms with Gasteiger partial charge in [0, 0.05) is 19.0 Å². The number of hydrogen-bond acceptors (Lipinski definition) is 5. The molecule has 9 heteroatoms. The van der Waals surface area contributed by atoms with Gasteiger partial charge in [0.1, 0.15) is 5.70 Å². The Morgan fingerprint density at radius 1 is 1.21 bits per heavy atom. The van der Waals surface area contributed by atoms with Gasteiger partial charge in [0.25, 0.3) is 5.91 Å². The highest BCUT2D eigenvalue weighted by molar-refractivity contribution is 6.13. The Hall–Kier alpha value is -2.87. The Morgan fingerprint density at radius 3 is 2.69 bits per heavy atom. The second-order valence-corrected chi connectivity index (χ2v) is 6.37. The molecular weight excluding hydrogens is 411 g/mol. The first-order valence-corrected chi connectivity index (χ1v) is 8.69. The predicted octanol–water partition coefficient (Wildman–Crippen LogP) is 2.53. The fraction of sp³-hybridized carbons (Fsp3) is 0.150. The number of nitrogens with two attached hydrogens (primary N) is 1. The molecule has 0 fully saturated rings. The molecule has 4 N–H and O–H groups in total. The summed E-state index contributed by atoms with van der Waals surface area (Å²) in [6.45, 7) is 0.385. The highest BCUT2D eigenvalue weighted by Crippen LogP contribution is 2.19. The van der Waals surface area contributed by atoms with E-state index in [4.69, 9.17) is 5.73 Å². The molecule has 1 aliphatic heterocycles. The number of carbonyl (C=O) groups is 1. The van der Waals surface area contributed by atoms with E-state index in [1.165, 1.54) is 0 Å². The monoisotopic (exact) mass is 432 g/mol. The Morgan fingerprint density at radius 2 is 1.97 bits per heavy atom. The highest BCUT2D eigenvalue weighted by Gasteiger charge is 2.22. The molecule has 0 aliphatic carbocycles. The van der Waals surface area contributed by atoms with Crippen LogP contribution in [0.2, 0.25) is 0 Å². The number of amides is 1. The van der Waals surface area contributed by atoms with Crippen LogP contribution in [0.15, 0.2) is 65.4 Å². The third kappa shape index (κ3) is 4.76. The number of benzene rings is 2. The molecule has 152 valence electrons. The van der Waals surface area contributed by atoms with Crippen LogP contribution < -0.4 is 16.4 Å². The summed E-state index contributed by atoms with van der Waals surface area (Å²) in [6, 6.07) is 15.6. The number of aromatic nitrogens is 2. The average molecular weight is 433 g/mol. The van der Waals surface area contributed by atoms with Crippen LogP contribution in [0.5, 0.6) is 0 Å². The number of carbonyl (C=O) groups excluding carboxylic acids is 1. The van der Waals surface area contributed by atoms with Crippen molar-refractivity contribution >= 4 is 53.7 Å². The van der Waals surface area contributed by atoms with Crippen molar-refractivity contribution in [3.63, 3.8) is 0 Å². The molecule has 1 amide bonds. The predicted molar refractivity (Wildman–Crippen MR) is 120 cm³/mol. The number of guanidine groups is 1. The minimum Gasteiger partial charge on any atom is -0.348 e. The molecule has 7 nitrogen and oxygen atoms in total. The molecule has 0 unspecified atom stereocenters. The lowest BCUT2D eigenvalue weighted by atomic mass is 10.1. The maximum atomic E-state index is 12.3. The third-order valence-electron chi connectivity index (χ3n) is 4.52. The van der Waals surface area contributed by atoms with E-state index in [9.17, 15) is 4.79 Å². The minimum absolute atomic E-state index is 0. The summed E-state index contributed by atoms with van der Waals surface area (Å²) in [4.78, 5) is 16.7. The van der Waals surface area contributed by atoms with E-state index in [0.29, 0.717) is 18.2 Å². The van der Waals surface area contributed by atoms with Crippen LogP contribution in [-0.4, -0.2) is 28.2 Å². The molecule has 29 heavy (non-hydrogen) atoms. The van der Waals surface area contributed by atoms with Crippen molar-refractivity contribution in [2.24, 2.45) is 17.8 Å². The van der Waals surface area contributed by atoms with Crippen LogP contribution in [0.1, 0.15) is 17.2 Å². The molecule has 0 radical (unpaired) electrons. The molecule has 0 saturated heterocycles. The number of aliphatic imine (C=N–C) groups is 1. The van der Waals surface area contributed by atoms with Gasteiger partial charge in [-0.3, -0.25) is 14.8 Å². The summed E-state index contributed by atoms with van der Waals surface area (Å²) in [7, 11) is 1.90.